The first-order valence-electron chi connectivity index (χ1n) is 19.0. The summed E-state index contributed by atoms with van der Waals surface area (Å²) in [6.45, 7) is 11.0. The van der Waals surface area contributed by atoms with E-state index in [4.69, 9.17) is 47.0 Å². The molecule has 3 aliphatic heterocycles. The summed E-state index contributed by atoms with van der Waals surface area (Å²) in [5.41, 5.74) is -16.8. The number of aliphatic hydroxyl groups is 2. The minimum atomic E-state index is -2.80. The number of carbonyl (C=O) groups is 6. The monoisotopic (exact) mass is 802 g/mol. The number of rotatable bonds is 8. The fraction of sp³-hybridized carbons (Fsp3) is 0.744. The number of cyclic esters (lactones) is 1. The van der Waals surface area contributed by atoms with Crippen LogP contribution in [0.1, 0.15) is 86.3 Å². The topological polar surface area (TPSA) is 239 Å². The molecule has 1 aromatic rings. The Labute approximate surface area is 326 Å². The molecule has 8 fully saturated rings. The lowest BCUT2D eigenvalue weighted by Gasteiger charge is -2.76. The fourth-order valence-electron chi connectivity index (χ4n) is 13.9. The summed E-state index contributed by atoms with van der Waals surface area (Å²) in [5.74, 6) is -9.42. The Morgan fingerprint density at radius 3 is 2.12 bits per heavy atom. The number of esters is 6. The number of methoxy groups -OCH3 is 1. The third kappa shape index (κ3) is 3.74. The van der Waals surface area contributed by atoms with Crippen LogP contribution in [0, 0.1) is 33.5 Å². The van der Waals surface area contributed by atoms with Gasteiger partial charge in [-0.2, -0.15) is 0 Å². The van der Waals surface area contributed by atoms with Gasteiger partial charge in [-0.1, -0.05) is 27.7 Å². The van der Waals surface area contributed by atoms with Crippen LogP contribution in [0.5, 0.6) is 0 Å². The first kappa shape index (κ1) is 38.4. The highest BCUT2D eigenvalue weighted by Crippen LogP contribution is 2.95. The number of carbonyl (C=O) groups excluding carboxylic acids is 6. The van der Waals surface area contributed by atoms with Crippen molar-refractivity contribution in [3.63, 3.8) is 0 Å². The predicted octanol–water partition coefficient (Wildman–Crippen LogP) is 1.31. The maximum Gasteiger partial charge on any atom is 0.348 e. The van der Waals surface area contributed by atoms with Crippen molar-refractivity contribution in [1.29, 1.82) is 0 Å². The van der Waals surface area contributed by atoms with Crippen LogP contribution in [0.2, 0.25) is 0 Å². The Morgan fingerprint density at radius 1 is 0.895 bits per heavy atom. The second-order valence-corrected chi connectivity index (χ2v) is 18.0. The van der Waals surface area contributed by atoms with Gasteiger partial charge in [-0.15, -0.1) is 0 Å². The zero-order valence-corrected chi connectivity index (χ0v) is 32.9. The molecule has 0 amide bonds. The highest BCUT2D eigenvalue weighted by Gasteiger charge is 3.11. The first-order chi connectivity index (χ1) is 26.5. The van der Waals surface area contributed by atoms with Crippen molar-refractivity contribution in [2.45, 2.75) is 140 Å². The second kappa shape index (κ2) is 10.9. The molecule has 0 radical (unpaired) electrons. The molecular formula is C39H46O18. The summed E-state index contributed by atoms with van der Waals surface area (Å²) in [6, 6.07) is 1.53. The smallest absolute Gasteiger partial charge is 0.348 e. The maximum atomic E-state index is 14.7. The van der Waals surface area contributed by atoms with E-state index >= 15 is 0 Å². The van der Waals surface area contributed by atoms with E-state index < -0.39 is 141 Å². The summed E-state index contributed by atoms with van der Waals surface area (Å²) in [4.78, 5) is 82.0. The Balaban J connectivity index is 1.46. The van der Waals surface area contributed by atoms with E-state index in [-0.39, 0.29) is 12.8 Å². The molecule has 57 heavy (non-hydrogen) atoms. The van der Waals surface area contributed by atoms with Gasteiger partial charge >= 0.3 is 35.8 Å². The maximum absolute atomic E-state index is 14.7. The van der Waals surface area contributed by atoms with Gasteiger partial charge in [0.15, 0.2) is 17.3 Å². The highest BCUT2D eigenvalue weighted by atomic mass is 17.0. The molecule has 2 unspecified atom stereocenters. The van der Waals surface area contributed by atoms with Gasteiger partial charge in [0.25, 0.3) is 5.97 Å². The van der Waals surface area contributed by atoms with Gasteiger partial charge in [-0.05, 0) is 24.8 Å². The molecule has 5 saturated carbocycles. The minimum absolute atomic E-state index is 0.240. The molecular weight excluding hydrogens is 756 g/mol. The molecule has 9 rings (SSSR count). The zero-order valence-electron chi connectivity index (χ0n) is 32.9. The van der Waals surface area contributed by atoms with E-state index in [0.29, 0.717) is 5.56 Å². The summed E-state index contributed by atoms with van der Waals surface area (Å²) < 4.78 is 62.4. The van der Waals surface area contributed by atoms with Crippen molar-refractivity contribution >= 4 is 35.8 Å². The lowest BCUT2D eigenvalue weighted by atomic mass is 9.33. The average Bonchev–Trinajstić information content (AvgIpc) is 3.47. The van der Waals surface area contributed by atoms with Crippen LogP contribution in [-0.2, 0) is 71.4 Å². The van der Waals surface area contributed by atoms with E-state index in [1.165, 1.54) is 53.4 Å². The predicted molar refractivity (Wildman–Crippen MR) is 180 cm³/mol. The molecule has 18 heteroatoms. The Morgan fingerprint density at radius 2 is 1.54 bits per heavy atom. The minimum Gasteiger partial charge on any atom is -0.472 e. The van der Waals surface area contributed by atoms with E-state index in [1.807, 2.05) is 0 Å². The Kier molecular flexibility index (Phi) is 7.37. The van der Waals surface area contributed by atoms with E-state index in [0.717, 1.165) is 13.8 Å². The number of hydrogen-bond acceptors (Lipinski definition) is 18. The van der Waals surface area contributed by atoms with Crippen LogP contribution in [0.4, 0.5) is 0 Å². The molecule has 310 valence electrons. The standard InChI is InChI=1S/C39H46O18/c1-16(2)27(44)54-30-37(47)29(52-19(5)42)31(6)14-36(37,46)32(7,21(31)12-22(43)48-9)38-25-24(50-17(3)40)34-15-35(34,39(30,38)57-33(8,55-25)56-38)26(51-18(4)41)28(45)53-23(34)20-10-11-49-13-20/h10-11,13,16,21,23-26,29-30,46-47H,12,14-15H2,1-9H3/t21-,23-,24-,25+,26-,29-,30?,31+,32-,33?,34+,35+,36+,37+,38-,39-/m0/s1. The number of fused-ring (bicyclic) bond motifs is 2. The second-order valence-electron chi connectivity index (χ2n) is 18.0. The highest BCUT2D eigenvalue weighted by molar-refractivity contribution is 5.84. The SMILES string of the molecule is COC(=O)C[C@H]1[C@@]2(C)C[C@@]3(O)[C@@]1(C)[C@@]14OC5(C)O[C@@H]1[C@H](OC(C)=O)[C@]16C[C@]1([C@@H](OC(C)=O)C(=O)O[C@H]6c1ccoc1)[C@@]4(O5)C(OC(=O)C(C)C)[C@]3(O)[C@H]2OC(C)=O. The zero-order chi connectivity index (χ0) is 41.5. The molecule has 4 bridgehead atoms. The van der Waals surface area contributed by atoms with E-state index in [9.17, 15) is 39.0 Å². The summed E-state index contributed by atoms with van der Waals surface area (Å²) in [5, 5.41) is 27.6. The van der Waals surface area contributed by atoms with E-state index in [2.05, 4.69) is 0 Å². The van der Waals surface area contributed by atoms with Gasteiger partial charge in [0.05, 0.1) is 36.4 Å². The number of ether oxygens (including phenoxy) is 9. The summed E-state index contributed by atoms with van der Waals surface area (Å²) in [6.07, 6.45) is -8.37. The summed E-state index contributed by atoms with van der Waals surface area (Å²) >= 11 is 0. The van der Waals surface area contributed by atoms with Crippen LogP contribution < -0.4 is 0 Å². The van der Waals surface area contributed by atoms with Crippen molar-refractivity contribution < 1.29 is 86.0 Å². The molecule has 1 aromatic heterocycles. The Bertz CT molecular complexity index is 2030. The molecule has 3 saturated heterocycles. The molecule has 16 atom stereocenters. The lowest BCUT2D eigenvalue weighted by molar-refractivity contribution is -0.453. The van der Waals surface area contributed by atoms with Crippen molar-refractivity contribution in [1.82, 2.24) is 0 Å². The van der Waals surface area contributed by atoms with Crippen LogP contribution in [0.15, 0.2) is 23.0 Å². The average molecular weight is 803 g/mol. The summed E-state index contributed by atoms with van der Waals surface area (Å²) in [7, 11) is 1.18. The molecule has 5 aliphatic carbocycles. The van der Waals surface area contributed by atoms with Gasteiger partial charge < -0.3 is 57.3 Å². The third-order valence-corrected chi connectivity index (χ3v) is 15.3. The quantitative estimate of drug-likeness (QED) is 0.278. The van der Waals surface area contributed by atoms with Gasteiger partial charge in [-0.3, -0.25) is 24.0 Å². The fourth-order valence-corrected chi connectivity index (χ4v) is 13.9. The molecule has 4 heterocycles. The molecule has 0 aromatic carbocycles. The van der Waals surface area contributed by atoms with Crippen LogP contribution >= 0.6 is 0 Å². The number of hydrogen-bond donors (Lipinski definition) is 2. The molecule has 2 N–H and O–H groups in total. The van der Waals surface area contributed by atoms with Crippen molar-refractivity contribution in [2.24, 2.45) is 33.5 Å². The van der Waals surface area contributed by atoms with Crippen LogP contribution in [-0.4, -0.2) is 112 Å². The first-order valence-corrected chi connectivity index (χ1v) is 19.0. The molecule has 8 aliphatic rings. The van der Waals surface area contributed by atoms with Crippen molar-refractivity contribution in [3.05, 3.63) is 24.2 Å². The third-order valence-electron chi connectivity index (χ3n) is 15.3. The van der Waals surface area contributed by atoms with Crippen LogP contribution in [0.3, 0.4) is 0 Å². The van der Waals surface area contributed by atoms with Crippen molar-refractivity contribution in [2.75, 3.05) is 7.11 Å². The van der Waals surface area contributed by atoms with Gasteiger partial charge in [0.1, 0.15) is 35.6 Å². The molecule has 18 nitrogen and oxygen atoms in total. The largest absolute Gasteiger partial charge is 0.472 e. The lowest BCUT2D eigenvalue weighted by Crippen LogP contribution is -2.97. The van der Waals surface area contributed by atoms with Gasteiger partial charge in [-0.25, -0.2) is 4.79 Å². The van der Waals surface area contributed by atoms with Gasteiger partial charge in [0, 0.05) is 50.5 Å². The van der Waals surface area contributed by atoms with Gasteiger partial charge in [0.2, 0.25) is 6.10 Å². The Hall–Kier alpha value is -4.10. The molecule has 1 spiro atoms. The van der Waals surface area contributed by atoms with Crippen molar-refractivity contribution in [3.8, 4) is 0 Å². The normalized spacial score (nSPS) is 51.2. The number of furan rings is 1. The van der Waals surface area contributed by atoms with Crippen LogP contribution in [0.25, 0.3) is 0 Å². The van der Waals surface area contributed by atoms with E-state index in [1.54, 1.807) is 13.8 Å².